The lowest BCUT2D eigenvalue weighted by Gasteiger charge is -2.20. The molecular weight excluding hydrogens is 276 g/mol. The number of sulfonamides is 1. The third-order valence-corrected chi connectivity index (χ3v) is 4.75. The molecule has 0 fully saturated rings. The summed E-state index contributed by atoms with van der Waals surface area (Å²) in [6, 6.07) is 6.93. The van der Waals surface area contributed by atoms with E-state index in [4.69, 9.17) is 5.11 Å². The topological polar surface area (TPSA) is 69.6 Å². The lowest BCUT2D eigenvalue weighted by Crippen LogP contribution is -2.38. The Labute approximate surface area is 121 Å². The van der Waals surface area contributed by atoms with Crippen LogP contribution in [0.3, 0.4) is 0 Å². The maximum absolute atomic E-state index is 12.1. The molecule has 0 spiro atoms. The van der Waals surface area contributed by atoms with Crippen molar-refractivity contribution in [1.29, 1.82) is 0 Å². The number of aryl methyl sites for hydroxylation is 1. The van der Waals surface area contributed by atoms with Gasteiger partial charge in [-0.05, 0) is 51.6 Å². The summed E-state index contributed by atoms with van der Waals surface area (Å²) in [4.78, 5) is 2.23. The largest absolute Gasteiger partial charge is 0.396 e. The lowest BCUT2D eigenvalue weighted by molar-refractivity contribution is 0.288. The van der Waals surface area contributed by atoms with Crippen LogP contribution in [0.25, 0.3) is 0 Å². The number of nitrogens with zero attached hydrogens (tertiary/aromatic N) is 1. The Bertz CT molecular complexity index is 498. The second-order valence-electron chi connectivity index (χ2n) is 5.14. The minimum Gasteiger partial charge on any atom is -0.396 e. The van der Waals surface area contributed by atoms with Crippen molar-refractivity contribution in [2.24, 2.45) is 0 Å². The third-order valence-electron chi connectivity index (χ3n) is 3.31. The van der Waals surface area contributed by atoms with E-state index < -0.39 is 10.0 Å². The minimum absolute atomic E-state index is 0.133. The van der Waals surface area contributed by atoms with Gasteiger partial charge in [0.05, 0.1) is 4.90 Å². The standard InChI is InChI=1S/C14H24N2O3S/c1-12(16(2)3)11-15-20(18,19)14-8-6-13(7-9-14)5-4-10-17/h6-9,12,15,17H,4-5,10-11H2,1-3H3. The highest BCUT2D eigenvalue weighted by atomic mass is 32.2. The number of rotatable bonds is 8. The van der Waals surface area contributed by atoms with E-state index in [0.717, 1.165) is 12.0 Å². The summed E-state index contributed by atoms with van der Waals surface area (Å²) >= 11 is 0. The Kier molecular flexibility index (Phi) is 6.61. The Balaban J connectivity index is 2.68. The minimum atomic E-state index is -3.45. The summed E-state index contributed by atoms with van der Waals surface area (Å²) in [6.45, 7) is 2.48. The molecule has 0 amide bonds. The van der Waals surface area contributed by atoms with Gasteiger partial charge < -0.3 is 10.0 Å². The average molecular weight is 300 g/mol. The second-order valence-corrected chi connectivity index (χ2v) is 6.90. The van der Waals surface area contributed by atoms with Crippen molar-refractivity contribution in [3.8, 4) is 0 Å². The monoisotopic (exact) mass is 300 g/mol. The van der Waals surface area contributed by atoms with Gasteiger partial charge in [0.1, 0.15) is 0 Å². The van der Waals surface area contributed by atoms with Gasteiger partial charge in [0, 0.05) is 19.2 Å². The highest BCUT2D eigenvalue weighted by Gasteiger charge is 2.15. The molecule has 0 radical (unpaired) electrons. The summed E-state index contributed by atoms with van der Waals surface area (Å²) in [7, 11) is 0.371. The zero-order chi connectivity index (χ0) is 15.2. The van der Waals surface area contributed by atoms with Crippen molar-refractivity contribution in [2.75, 3.05) is 27.2 Å². The fourth-order valence-electron chi connectivity index (χ4n) is 1.61. The molecule has 1 atom stereocenters. The molecule has 0 aliphatic heterocycles. The van der Waals surface area contributed by atoms with Gasteiger partial charge in [-0.2, -0.15) is 0 Å². The van der Waals surface area contributed by atoms with Gasteiger partial charge in [-0.3, -0.25) is 0 Å². The van der Waals surface area contributed by atoms with Gasteiger partial charge in [-0.15, -0.1) is 0 Å². The number of likely N-dealkylation sites (N-methyl/N-ethyl adjacent to an activating group) is 1. The fourth-order valence-corrected chi connectivity index (χ4v) is 2.74. The number of nitrogens with one attached hydrogen (secondary N) is 1. The molecule has 0 saturated carbocycles. The second kappa shape index (κ2) is 7.73. The van der Waals surface area contributed by atoms with E-state index in [1.165, 1.54) is 0 Å². The predicted molar refractivity (Wildman–Crippen MR) is 80.2 cm³/mol. The quantitative estimate of drug-likeness (QED) is 0.746. The molecule has 0 heterocycles. The molecule has 0 bridgehead atoms. The van der Waals surface area contributed by atoms with Crippen LogP contribution in [-0.2, 0) is 16.4 Å². The average Bonchev–Trinajstić information content (AvgIpc) is 2.43. The van der Waals surface area contributed by atoms with E-state index in [1.54, 1.807) is 24.3 Å². The molecule has 5 nitrogen and oxygen atoms in total. The van der Waals surface area contributed by atoms with E-state index in [2.05, 4.69) is 4.72 Å². The molecule has 2 N–H and O–H groups in total. The van der Waals surface area contributed by atoms with E-state index in [1.807, 2.05) is 25.9 Å². The molecule has 1 unspecified atom stereocenters. The van der Waals surface area contributed by atoms with Gasteiger partial charge in [0.2, 0.25) is 10.0 Å². The van der Waals surface area contributed by atoms with Crippen LogP contribution in [0.2, 0.25) is 0 Å². The molecule has 1 rings (SSSR count). The molecule has 1 aromatic carbocycles. The predicted octanol–water partition coefficient (Wildman–Crippen LogP) is 0.840. The maximum Gasteiger partial charge on any atom is 0.240 e. The Hall–Kier alpha value is -0.950. The van der Waals surface area contributed by atoms with Crippen LogP contribution in [0.4, 0.5) is 0 Å². The van der Waals surface area contributed by atoms with Gasteiger partial charge in [0.15, 0.2) is 0 Å². The summed E-state index contributed by atoms with van der Waals surface area (Å²) in [6.07, 6.45) is 1.44. The van der Waals surface area contributed by atoms with E-state index >= 15 is 0 Å². The van der Waals surface area contributed by atoms with Gasteiger partial charge in [-0.25, -0.2) is 13.1 Å². The van der Waals surface area contributed by atoms with Crippen molar-refractivity contribution >= 4 is 10.0 Å². The number of aliphatic hydroxyl groups excluding tert-OH is 1. The fraction of sp³-hybridized carbons (Fsp3) is 0.571. The maximum atomic E-state index is 12.1. The first-order valence-electron chi connectivity index (χ1n) is 6.72. The number of hydrogen-bond acceptors (Lipinski definition) is 4. The first-order chi connectivity index (χ1) is 9.36. The number of aliphatic hydroxyl groups is 1. The molecule has 114 valence electrons. The lowest BCUT2D eigenvalue weighted by atomic mass is 10.1. The summed E-state index contributed by atoms with van der Waals surface area (Å²) in [5, 5.41) is 8.77. The molecule has 0 aliphatic rings. The van der Waals surface area contributed by atoms with Gasteiger partial charge >= 0.3 is 0 Å². The van der Waals surface area contributed by atoms with Crippen molar-refractivity contribution in [3.05, 3.63) is 29.8 Å². The van der Waals surface area contributed by atoms with Crippen molar-refractivity contribution < 1.29 is 13.5 Å². The van der Waals surface area contributed by atoms with Crippen LogP contribution < -0.4 is 4.72 Å². The summed E-state index contributed by atoms with van der Waals surface area (Å²) < 4.78 is 26.8. The number of benzene rings is 1. The van der Waals surface area contributed by atoms with Crippen LogP contribution in [0.1, 0.15) is 18.9 Å². The highest BCUT2D eigenvalue weighted by Crippen LogP contribution is 2.12. The highest BCUT2D eigenvalue weighted by molar-refractivity contribution is 7.89. The van der Waals surface area contributed by atoms with Crippen molar-refractivity contribution in [2.45, 2.75) is 30.7 Å². The van der Waals surface area contributed by atoms with Crippen LogP contribution in [-0.4, -0.2) is 51.7 Å². The summed E-state index contributed by atoms with van der Waals surface area (Å²) in [5.74, 6) is 0. The smallest absolute Gasteiger partial charge is 0.240 e. The van der Waals surface area contributed by atoms with Crippen molar-refractivity contribution in [3.63, 3.8) is 0 Å². The van der Waals surface area contributed by atoms with E-state index in [-0.39, 0.29) is 17.5 Å². The van der Waals surface area contributed by atoms with Gasteiger partial charge in [-0.1, -0.05) is 12.1 Å². The molecule has 0 aliphatic carbocycles. The van der Waals surface area contributed by atoms with E-state index in [0.29, 0.717) is 13.0 Å². The van der Waals surface area contributed by atoms with Crippen molar-refractivity contribution in [1.82, 2.24) is 9.62 Å². The molecule has 6 heteroatoms. The first kappa shape index (κ1) is 17.1. The SMILES string of the molecule is CC(CNS(=O)(=O)c1ccc(CCCO)cc1)N(C)C. The summed E-state index contributed by atoms with van der Waals surface area (Å²) in [5.41, 5.74) is 1.03. The molecule has 20 heavy (non-hydrogen) atoms. The molecule has 0 aromatic heterocycles. The van der Waals surface area contributed by atoms with Crippen LogP contribution in [0.15, 0.2) is 29.2 Å². The van der Waals surface area contributed by atoms with E-state index in [9.17, 15) is 8.42 Å². The zero-order valence-electron chi connectivity index (χ0n) is 12.3. The molecular formula is C14H24N2O3S. The third kappa shape index (κ3) is 5.20. The van der Waals surface area contributed by atoms with Crippen LogP contribution in [0.5, 0.6) is 0 Å². The van der Waals surface area contributed by atoms with Crippen LogP contribution in [0, 0.1) is 0 Å². The Morgan fingerprint density at radius 3 is 2.35 bits per heavy atom. The van der Waals surface area contributed by atoms with Crippen LogP contribution >= 0.6 is 0 Å². The Morgan fingerprint density at radius 1 is 1.25 bits per heavy atom. The number of hydrogen-bond donors (Lipinski definition) is 2. The first-order valence-corrected chi connectivity index (χ1v) is 8.21. The molecule has 0 saturated heterocycles. The molecule has 1 aromatic rings. The zero-order valence-corrected chi connectivity index (χ0v) is 13.2. The Morgan fingerprint density at radius 2 is 1.85 bits per heavy atom. The van der Waals surface area contributed by atoms with Gasteiger partial charge in [0.25, 0.3) is 0 Å². The normalized spacial score (nSPS) is 13.7.